The molecule has 0 bridgehead atoms. The van der Waals surface area contributed by atoms with Crippen LogP contribution in [0.3, 0.4) is 0 Å². The summed E-state index contributed by atoms with van der Waals surface area (Å²) < 4.78 is 25.8. The van der Waals surface area contributed by atoms with Gasteiger partial charge in [0, 0.05) is 0 Å². The molecule has 0 saturated carbocycles. The third-order valence-corrected chi connectivity index (χ3v) is 0.365. The second-order valence-electron chi connectivity index (χ2n) is 0.611. The minimum Gasteiger partial charge on any atom is -1.00 e. The first kappa shape index (κ1) is 10.2. The molecule has 0 aliphatic carbocycles. The maximum atomic E-state index is 9.19. The zero-order valence-corrected chi connectivity index (χ0v) is 4.47. The van der Waals surface area contributed by atoms with Gasteiger partial charge < -0.3 is 1.43 Å². The van der Waals surface area contributed by atoms with Crippen LogP contribution in [-0.2, 0) is 14.9 Å². The van der Waals surface area contributed by atoms with Crippen molar-refractivity contribution in [3.8, 4) is 0 Å². The summed E-state index contributed by atoms with van der Waals surface area (Å²) in [6.45, 7) is 0. The fraction of sp³-hybridized carbons (Fsp3) is 0. The normalized spacial score (nSPS) is 9.29. The number of hydrogen-bond acceptors (Lipinski definition) is 3. The number of carbonyl (C=O) groups excluding carboxylic acids is 1. The maximum absolute atomic E-state index is 9.19. The van der Waals surface area contributed by atoms with Crippen molar-refractivity contribution in [2.75, 3.05) is 0 Å². The van der Waals surface area contributed by atoms with E-state index in [9.17, 15) is 8.42 Å². The molecule has 0 amide bonds. The van der Waals surface area contributed by atoms with Crippen LogP contribution in [0.4, 0.5) is 0 Å². The van der Waals surface area contributed by atoms with Crippen LogP contribution in [0.25, 0.3) is 0 Å². The van der Waals surface area contributed by atoms with Gasteiger partial charge in [-0.15, -0.1) is 0 Å². The van der Waals surface area contributed by atoms with Crippen LogP contribution in [-0.4, -0.2) is 18.6 Å². The second-order valence-corrected chi connectivity index (χ2v) is 1.83. The average molecular weight is 118 g/mol. The predicted octanol–water partition coefficient (Wildman–Crippen LogP) is -3.82. The quantitative estimate of drug-likeness (QED) is 0.217. The Bertz CT molecular complexity index is 127. The van der Waals surface area contributed by atoms with E-state index in [2.05, 4.69) is 0 Å². The first-order valence-electron chi connectivity index (χ1n) is 0.987. The van der Waals surface area contributed by atoms with Gasteiger partial charge in [0.1, 0.15) is 0 Å². The molecule has 0 aliphatic rings. The fourth-order valence-corrected chi connectivity index (χ4v) is 0. The Kier molecular flexibility index (Phi) is 4.69. The molecule has 7 heavy (non-hydrogen) atoms. The third-order valence-electron chi connectivity index (χ3n) is 0.122. The van der Waals surface area contributed by atoms with Gasteiger partial charge in [-0.3, -0.25) is 9.35 Å². The summed E-state index contributed by atoms with van der Waals surface area (Å²) >= 11 is 0. The largest absolute Gasteiger partial charge is 1.00 e. The van der Waals surface area contributed by atoms with Gasteiger partial charge in [0.05, 0.1) is 0 Å². The van der Waals surface area contributed by atoms with E-state index in [1.807, 2.05) is 0 Å². The molecular formula is CH3LiO4S. The molecule has 38 valence electrons. The van der Waals surface area contributed by atoms with Crippen molar-refractivity contribution in [2.45, 2.75) is 0 Å². The second kappa shape index (κ2) is 3.21. The van der Waals surface area contributed by atoms with Crippen LogP contribution in [0.1, 0.15) is 1.43 Å². The smallest absolute Gasteiger partial charge is 1.00 e. The molecule has 0 atom stereocenters. The van der Waals surface area contributed by atoms with Gasteiger partial charge in [0.2, 0.25) is 0 Å². The Balaban J connectivity index is -0.000000125. The van der Waals surface area contributed by atoms with Crippen LogP contribution in [0.5, 0.6) is 0 Å². The van der Waals surface area contributed by atoms with Crippen molar-refractivity contribution in [1.29, 1.82) is 0 Å². The van der Waals surface area contributed by atoms with E-state index in [1.165, 1.54) is 0 Å². The SMILES string of the molecule is O=CS(=O)(=O)O.[H-].[Li+]. The van der Waals surface area contributed by atoms with Crippen LogP contribution in [0.15, 0.2) is 0 Å². The molecule has 0 aromatic heterocycles. The zero-order chi connectivity index (χ0) is 5.21. The first-order chi connectivity index (χ1) is 2.56. The van der Waals surface area contributed by atoms with E-state index in [0.717, 1.165) is 0 Å². The topological polar surface area (TPSA) is 71.4 Å². The Hall–Kier alpha value is 0.177. The number of hydrogen-bond donors (Lipinski definition) is 1. The molecule has 0 heterocycles. The van der Waals surface area contributed by atoms with E-state index in [4.69, 9.17) is 9.35 Å². The maximum Gasteiger partial charge on any atom is 1.00 e. The summed E-state index contributed by atoms with van der Waals surface area (Å²) in [4.78, 5) is 8.99. The van der Waals surface area contributed by atoms with Gasteiger partial charge in [0.15, 0.2) is 0 Å². The Morgan fingerprint density at radius 2 is 1.71 bits per heavy atom. The summed E-state index contributed by atoms with van der Waals surface area (Å²) in [7, 11) is -4.34. The number of carbonyl (C=O) groups is 1. The van der Waals surface area contributed by atoms with E-state index in [0.29, 0.717) is 0 Å². The molecule has 0 aliphatic heterocycles. The van der Waals surface area contributed by atoms with Gasteiger partial charge in [-0.25, -0.2) is 0 Å². The molecule has 0 spiro atoms. The third kappa shape index (κ3) is 10.7. The average Bonchev–Trinajstić information content (AvgIpc) is 1.35. The van der Waals surface area contributed by atoms with Crippen LogP contribution in [0.2, 0.25) is 0 Å². The molecule has 6 heteroatoms. The Morgan fingerprint density at radius 3 is 1.71 bits per heavy atom. The first-order valence-corrected chi connectivity index (χ1v) is 2.49. The van der Waals surface area contributed by atoms with E-state index < -0.39 is 15.7 Å². The molecule has 0 rings (SSSR count). The minimum absolute atomic E-state index is 0. The van der Waals surface area contributed by atoms with E-state index >= 15 is 0 Å². The summed E-state index contributed by atoms with van der Waals surface area (Å²) in [5.41, 5.74) is -0.535. The molecule has 0 fully saturated rings. The summed E-state index contributed by atoms with van der Waals surface area (Å²) in [5, 5.41) is 0. The van der Waals surface area contributed by atoms with Gasteiger partial charge in [0.25, 0.3) is 5.62 Å². The molecule has 1 N–H and O–H groups in total. The van der Waals surface area contributed by atoms with Crippen molar-refractivity contribution >= 4 is 15.7 Å². The van der Waals surface area contributed by atoms with Crippen molar-refractivity contribution in [3.05, 3.63) is 0 Å². The van der Waals surface area contributed by atoms with Crippen molar-refractivity contribution in [1.82, 2.24) is 0 Å². The Labute approximate surface area is 54.3 Å². The summed E-state index contributed by atoms with van der Waals surface area (Å²) in [6.07, 6.45) is 0. The van der Waals surface area contributed by atoms with E-state index in [-0.39, 0.29) is 20.3 Å². The minimum atomic E-state index is -4.34. The van der Waals surface area contributed by atoms with E-state index in [1.54, 1.807) is 0 Å². The monoisotopic (exact) mass is 118 g/mol. The zero-order valence-electron chi connectivity index (χ0n) is 4.66. The van der Waals surface area contributed by atoms with Gasteiger partial charge in [-0.2, -0.15) is 8.42 Å². The predicted molar refractivity (Wildman–Crippen MR) is 19.4 cm³/mol. The molecule has 0 aromatic rings. The summed E-state index contributed by atoms with van der Waals surface area (Å²) in [6, 6.07) is 0. The molecule has 4 nitrogen and oxygen atoms in total. The standard InChI is InChI=1S/CH2O4S.Li.H/c2-1-6(3,4)5;;/h1H,(H,3,4,5);;/q;+1;-1. The fourth-order valence-electron chi connectivity index (χ4n) is 0. The molecule has 0 radical (unpaired) electrons. The molecular weight excluding hydrogens is 115 g/mol. The van der Waals surface area contributed by atoms with Gasteiger partial charge >= 0.3 is 29.0 Å². The van der Waals surface area contributed by atoms with Crippen molar-refractivity contribution in [3.63, 3.8) is 0 Å². The van der Waals surface area contributed by atoms with Crippen LogP contribution < -0.4 is 18.9 Å². The molecule has 0 saturated heterocycles. The van der Waals surface area contributed by atoms with Gasteiger partial charge in [-0.1, -0.05) is 0 Å². The number of rotatable bonds is 1. The van der Waals surface area contributed by atoms with Crippen LogP contribution >= 0.6 is 0 Å². The van der Waals surface area contributed by atoms with Crippen LogP contribution in [0, 0.1) is 0 Å². The van der Waals surface area contributed by atoms with Gasteiger partial charge in [-0.05, 0) is 0 Å². The molecule has 0 unspecified atom stereocenters. The van der Waals surface area contributed by atoms with Crippen molar-refractivity contribution in [2.24, 2.45) is 0 Å². The van der Waals surface area contributed by atoms with Crippen molar-refractivity contribution < 1.29 is 38.1 Å². The summed E-state index contributed by atoms with van der Waals surface area (Å²) in [5.74, 6) is 0. The Morgan fingerprint density at radius 1 is 1.57 bits per heavy atom. The molecule has 0 aromatic carbocycles.